The third-order valence-electron chi connectivity index (χ3n) is 5.11. The molecule has 0 spiro atoms. The normalized spacial score (nSPS) is 17.5. The number of rotatable bonds is 6. The first-order valence-electron chi connectivity index (χ1n) is 9.90. The van der Waals surface area contributed by atoms with Gasteiger partial charge in [0.2, 0.25) is 11.8 Å². The Morgan fingerprint density at radius 1 is 1.21 bits per heavy atom. The predicted molar refractivity (Wildman–Crippen MR) is 114 cm³/mol. The number of hydrogen-bond donors (Lipinski definition) is 2. The molecule has 1 aliphatic heterocycles. The van der Waals surface area contributed by atoms with Gasteiger partial charge in [0.05, 0.1) is 12.0 Å². The number of aromatic nitrogens is 2. The van der Waals surface area contributed by atoms with Gasteiger partial charge in [0, 0.05) is 25.2 Å². The highest BCUT2D eigenvalue weighted by molar-refractivity contribution is 6.29. The zero-order valence-corrected chi connectivity index (χ0v) is 17.4. The first kappa shape index (κ1) is 21.0. The number of anilines is 2. The van der Waals surface area contributed by atoms with Crippen molar-refractivity contribution in [3.05, 3.63) is 47.1 Å². The van der Waals surface area contributed by atoms with E-state index >= 15 is 0 Å². The maximum absolute atomic E-state index is 12.8. The summed E-state index contributed by atoms with van der Waals surface area (Å²) in [7, 11) is 0. The monoisotopic (exact) mass is 415 g/mol. The quantitative estimate of drug-likeness (QED) is 0.753. The van der Waals surface area contributed by atoms with E-state index in [0.29, 0.717) is 18.1 Å². The minimum Gasteiger partial charge on any atom is -0.354 e. The van der Waals surface area contributed by atoms with Crippen molar-refractivity contribution in [3.8, 4) is 0 Å². The SMILES string of the molecule is CCC(=O)Nc1ccc(C(C)NC(=O)C2CCCN(c3ccc(Cl)nn3)C2)cc1. The molecule has 29 heavy (non-hydrogen) atoms. The summed E-state index contributed by atoms with van der Waals surface area (Å²) in [5.41, 5.74) is 1.75. The van der Waals surface area contributed by atoms with Crippen LogP contribution in [0.2, 0.25) is 5.15 Å². The molecule has 0 radical (unpaired) electrons. The molecule has 3 rings (SSSR count). The molecule has 0 aliphatic carbocycles. The molecule has 1 aliphatic rings. The molecule has 154 valence electrons. The number of piperidine rings is 1. The number of hydrogen-bond acceptors (Lipinski definition) is 5. The van der Waals surface area contributed by atoms with Crippen LogP contribution in [0.5, 0.6) is 0 Å². The number of nitrogens with zero attached hydrogens (tertiary/aromatic N) is 3. The van der Waals surface area contributed by atoms with Crippen molar-refractivity contribution in [1.82, 2.24) is 15.5 Å². The van der Waals surface area contributed by atoms with Gasteiger partial charge in [0.15, 0.2) is 11.0 Å². The van der Waals surface area contributed by atoms with Crippen LogP contribution in [0, 0.1) is 5.92 Å². The fourth-order valence-corrected chi connectivity index (χ4v) is 3.50. The molecule has 2 atom stereocenters. The maximum atomic E-state index is 12.8. The summed E-state index contributed by atoms with van der Waals surface area (Å²) in [6.07, 6.45) is 2.20. The molecule has 2 aromatic rings. The molecule has 7 nitrogen and oxygen atoms in total. The Labute approximate surface area is 175 Å². The number of nitrogens with one attached hydrogen (secondary N) is 2. The molecule has 2 unspecified atom stereocenters. The smallest absolute Gasteiger partial charge is 0.225 e. The molecule has 1 aromatic heterocycles. The van der Waals surface area contributed by atoms with Gasteiger partial charge in [-0.25, -0.2) is 0 Å². The van der Waals surface area contributed by atoms with Gasteiger partial charge in [-0.3, -0.25) is 9.59 Å². The van der Waals surface area contributed by atoms with Gasteiger partial charge in [-0.15, -0.1) is 10.2 Å². The number of amides is 2. The van der Waals surface area contributed by atoms with Crippen LogP contribution in [-0.2, 0) is 9.59 Å². The number of halogens is 1. The van der Waals surface area contributed by atoms with E-state index < -0.39 is 0 Å². The molecular formula is C21H26ClN5O2. The highest BCUT2D eigenvalue weighted by atomic mass is 35.5. The second-order valence-corrected chi connectivity index (χ2v) is 7.64. The third-order valence-corrected chi connectivity index (χ3v) is 5.31. The van der Waals surface area contributed by atoms with Crippen LogP contribution in [-0.4, -0.2) is 35.1 Å². The lowest BCUT2D eigenvalue weighted by atomic mass is 9.96. The number of carbonyl (C=O) groups excluding carboxylic acids is 2. The van der Waals surface area contributed by atoms with Crippen molar-refractivity contribution in [2.75, 3.05) is 23.3 Å². The summed E-state index contributed by atoms with van der Waals surface area (Å²) >= 11 is 5.81. The predicted octanol–water partition coefficient (Wildman–Crippen LogP) is 3.57. The molecule has 1 aromatic carbocycles. The van der Waals surface area contributed by atoms with Crippen LogP contribution in [0.3, 0.4) is 0 Å². The van der Waals surface area contributed by atoms with Gasteiger partial charge in [-0.05, 0) is 49.6 Å². The molecule has 2 N–H and O–H groups in total. The van der Waals surface area contributed by atoms with E-state index in [2.05, 4.69) is 25.7 Å². The first-order chi connectivity index (χ1) is 14.0. The topological polar surface area (TPSA) is 87.2 Å². The Bertz CT molecular complexity index is 841. The molecule has 0 saturated carbocycles. The second-order valence-electron chi connectivity index (χ2n) is 7.25. The Kier molecular flexibility index (Phi) is 7.04. The summed E-state index contributed by atoms with van der Waals surface area (Å²) in [6, 6.07) is 11.0. The molecule has 8 heteroatoms. The van der Waals surface area contributed by atoms with Crippen molar-refractivity contribution in [2.24, 2.45) is 5.92 Å². The molecule has 1 saturated heterocycles. The van der Waals surface area contributed by atoms with Crippen molar-refractivity contribution < 1.29 is 9.59 Å². The second kappa shape index (κ2) is 9.69. The minimum atomic E-state index is -0.121. The summed E-state index contributed by atoms with van der Waals surface area (Å²) in [5, 5.41) is 14.3. The largest absolute Gasteiger partial charge is 0.354 e. The van der Waals surface area contributed by atoms with Crippen molar-refractivity contribution >= 4 is 34.9 Å². The Morgan fingerprint density at radius 2 is 1.97 bits per heavy atom. The minimum absolute atomic E-state index is 0.0219. The van der Waals surface area contributed by atoms with Crippen LogP contribution in [0.4, 0.5) is 11.5 Å². The average molecular weight is 416 g/mol. The van der Waals surface area contributed by atoms with E-state index in [0.717, 1.165) is 36.5 Å². The zero-order chi connectivity index (χ0) is 20.8. The lowest BCUT2D eigenvalue weighted by Gasteiger charge is -2.33. The lowest BCUT2D eigenvalue weighted by Crippen LogP contribution is -2.44. The standard InChI is InChI=1S/C21H26ClN5O2/c1-3-20(28)24-17-8-6-15(7-9-17)14(2)23-21(29)16-5-4-12-27(13-16)19-11-10-18(22)25-26-19/h6-11,14,16H,3-5,12-13H2,1-2H3,(H,23,29)(H,24,28). The molecule has 0 bridgehead atoms. The van der Waals surface area contributed by atoms with E-state index in [1.54, 1.807) is 6.07 Å². The van der Waals surface area contributed by atoms with Crippen LogP contribution in [0.1, 0.15) is 44.7 Å². The van der Waals surface area contributed by atoms with Gasteiger partial charge in [0.1, 0.15) is 0 Å². The lowest BCUT2D eigenvalue weighted by molar-refractivity contribution is -0.126. The highest BCUT2D eigenvalue weighted by Gasteiger charge is 2.27. The van der Waals surface area contributed by atoms with Gasteiger partial charge < -0.3 is 15.5 Å². The van der Waals surface area contributed by atoms with Gasteiger partial charge >= 0.3 is 0 Å². The van der Waals surface area contributed by atoms with E-state index in [-0.39, 0.29) is 23.8 Å². The van der Waals surface area contributed by atoms with Crippen LogP contribution in [0.25, 0.3) is 0 Å². The first-order valence-corrected chi connectivity index (χ1v) is 10.3. The number of benzene rings is 1. The molecule has 2 heterocycles. The fourth-order valence-electron chi connectivity index (χ4n) is 3.40. The van der Waals surface area contributed by atoms with E-state index in [4.69, 9.17) is 11.6 Å². The van der Waals surface area contributed by atoms with Crippen LogP contribution >= 0.6 is 11.6 Å². The van der Waals surface area contributed by atoms with E-state index in [9.17, 15) is 9.59 Å². The average Bonchev–Trinajstić information content (AvgIpc) is 2.74. The van der Waals surface area contributed by atoms with Crippen molar-refractivity contribution in [3.63, 3.8) is 0 Å². The zero-order valence-electron chi connectivity index (χ0n) is 16.7. The summed E-state index contributed by atoms with van der Waals surface area (Å²) < 4.78 is 0. The maximum Gasteiger partial charge on any atom is 0.225 e. The third kappa shape index (κ3) is 5.67. The molecule has 2 amide bonds. The Morgan fingerprint density at radius 3 is 2.62 bits per heavy atom. The van der Waals surface area contributed by atoms with E-state index in [1.807, 2.05) is 44.2 Å². The Hall–Kier alpha value is -2.67. The van der Waals surface area contributed by atoms with Gasteiger partial charge in [0.25, 0.3) is 0 Å². The fraction of sp³-hybridized carbons (Fsp3) is 0.429. The summed E-state index contributed by atoms with van der Waals surface area (Å²) in [6.45, 7) is 5.23. The van der Waals surface area contributed by atoms with Gasteiger partial charge in [-0.2, -0.15) is 0 Å². The Balaban J connectivity index is 1.57. The van der Waals surface area contributed by atoms with Crippen LogP contribution < -0.4 is 15.5 Å². The summed E-state index contributed by atoms with van der Waals surface area (Å²) in [4.78, 5) is 26.4. The number of carbonyl (C=O) groups is 2. The molecular weight excluding hydrogens is 390 g/mol. The van der Waals surface area contributed by atoms with Gasteiger partial charge in [-0.1, -0.05) is 30.7 Å². The van der Waals surface area contributed by atoms with Crippen LogP contribution in [0.15, 0.2) is 36.4 Å². The molecule has 1 fully saturated rings. The summed E-state index contributed by atoms with van der Waals surface area (Å²) in [5.74, 6) is 0.648. The van der Waals surface area contributed by atoms with Crippen molar-refractivity contribution in [1.29, 1.82) is 0 Å². The highest BCUT2D eigenvalue weighted by Crippen LogP contribution is 2.23. The van der Waals surface area contributed by atoms with Crippen molar-refractivity contribution in [2.45, 2.75) is 39.2 Å². The van der Waals surface area contributed by atoms with E-state index in [1.165, 1.54) is 0 Å².